The quantitative estimate of drug-likeness (QED) is 0.684. The minimum Gasteiger partial charge on any atom is -0.506 e. The highest BCUT2D eigenvalue weighted by molar-refractivity contribution is 7.18. The van der Waals surface area contributed by atoms with Gasteiger partial charge in [-0.1, -0.05) is 18.2 Å². The van der Waals surface area contributed by atoms with E-state index in [1.807, 2.05) is 18.2 Å². The molecule has 7 heteroatoms. The van der Waals surface area contributed by atoms with Crippen molar-refractivity contribution >= 4 is 40.2 Å². The van der Waals surface area contributed by atoms with E-state index >= 15 is 0 Å². The van der Waals surface area contributed by atoms with Crippen LogP contribution in [0.15, 0.2) is 47.8 Å². The van der Waals surface area contributed by atoms with Crippen molar-refractivity contribution in [1.29, 1.82) is 0 Å². The molecule has 3 rings (SSSR count). The van der Waals surface area contributed by atoms with Crippen LogP contribution in [0.25, 0.3) is 10.4 Å². The average molecular weight is 359 g/mol. The number of anilines is 1. The summed E-state index contributed by atoms with van der Waals surface area (Å²) in [5, 5.41) is 14.6. The van der Waals surface area contributed by atoms with Crippen LogP contribution in [0, 0.1) is 0 Å². The van der Waals surface area contributed by atoms with Crippen molar-refractivity contribution in [3.8, 4) is 16.2 Å². The lowest BCUT2D eigenvalue weighted by atomic mass is 10.2. The molecule has 0 spiro atoms. The molecule has 5 nitrogen and oxygen atoms in total. The smallest absolute Gasteiger partial charge is 0.348 e. The molecule has 0 aliphatic carbocycles. The number of carbonyl (C=O) groups is 2. The van der Waals surface area contributed by atoms with Crippen molar-refractivity contribution in [1.82, 2.24) is 0 Å². The number of carbonyl (C=O) groups excluding carboxylic acids is 2. The summed E-state index contributed by atoms with van der Waals surface area (Å²) < 4.78 is 4.75. The molecule has 1 amide bonds. The van der Waals surface area contributed by atoms with Crippen molar-refractivity contribution in [2.75, 3.05) is 12.4 Å². The second-order valence-electron chi connectivity index (χ2n) is 4.80. The minimum absolute atomic E-state index is 0.120. The van der Waals surface area contributed by atoms with Crippen LogP contribution in [0.4, 0.5) is 5.69 Å². The third-order valence-corrected chi connectivity index (χ3v) is 5.30. The van der Waals surface area contributed by atoms with E-state index in [0.717, 1.165) is 11.3 Å². The SMILES string of the molecule is COC(=O)c1sccc1-c1cc(O)c(C(=O)Nc2ccccc2)s1. The Kier molecular flexibility index (Phi) is 4.64. The summed E-state index contributed by atoms with van der Waals surface area (Å²) in [5.41, 5.74) is 1.29. The molecule has 0 aliphatic rings. The molecule has 0 saturated heterocycles. The molecule has 2 heterocycles. The fraction of sp³-hybridized carbons (Fsp3) is 0.0588. The number of rotatable bonds is 4. The Hall–Kier alpha value is -2.64. The molecule has 0 radical (unpaired) electrons. The summed E-state index contributed by atoms with van der Waals surface area (Å²) in [6.45, 7) is 0. The molecular formula is C17H13NO4S2. The molecule has 24 heavy (non-hydrogen) atoms. The standard InChI is InChI=1S/C17H13NO4S2/c1-22-17(21)14-11(7-8-23-14)13-9-12(19)15(24-13)16(20)18-10-5-3-2-4-6-10/h2-9,19H,1H3,(H,18,20). The van der Waals surface area contributed by atoms with E-state index in [1.165, 1.54) is 24.5 Å². The number of aromatic hydroxyl groups is 1. The fourth-order valence-corrected chi connectivity index (χ4v) is 4.01. The molecule has 0 saturated carbocycles. The Morgan fingerprint density at radius 3 is 2.58 bits per heavy atom. The molecule has 0 fully saturated rings. The van der Waals surface area contributed by atoms with E-state index in [9.17, 15) is 14.7 Å². The zero-order valence-electron chi connectivity index (χ0n) is 12.6. The summed E-state index contributed by atoms with van der Waals surface area (Å²) in [6.07, 6.45) is 0. The van der Waals surface area contributed by atoms with E-state index in [-0.39, 0.29) is 10.6 Å². The van der Waals surface area contributed by atoms with Gasteiger partial charge in [-0.2, -0.15) is 0 Å². The monoisotopic (exact) mass is 359 g/mol. The lowest BCUT2D eigenvalue weighted by molar-refractivity contribution is 0.0607. The lowest BCUT2D eigenvalue weighted by Gasteiger charge is -2.03. The topological polar surface area (TPSA) is 75.6 Å². The first kappa shape index (κ1) is 16.2. The highest BCUT2D eigenvalue weighted by atomic mass is 32.1. The van der Waals surface area contributed by atoms with Gasteiger partial charge in [-0.25, -0.2) is 4.79 Å². The first-order valence-corrected chi connectivity index (χ1v) is 8.65. The van der Waals surface area contributed by atoms with Crippen LogP contribution in [-0.4, -0.2) is 24.1 Å². The van der Waals surface area contributed by atoms with Gasteiger partial charge in [0.2, 0.25) is 0 Å². The van der Waals surface area contributed by atoms with Crippen LogP contribution >= 0.6 is 22.7 Å². The summed E-state index contributed by atoms with van der Waals surface area (Å²) >= 11 is 2.38. The third kappa shape index (κ3) is 3.17. The minimum atomic E-state index is -0.442. The molecular weight excluding hydrogens is 346 g/mol. The van der Waals surface area contributed by atoms with Crippen LogP contribution in [0.5, 0.6) is 5.75 Å². The Bertz CT molecular complexity index is 883. The van der Waals surface area contributed by atoms with Crippen molar-refractivity contribution in [3.63, 3.8) is 0 Å². The van der Waals surface area contributed by atoms with Gasteiger partial charge in [-0.05, 0) is 29.6 Å². The van der Waals surface area contributed by atoms with Gasteiger partial charge in [0.15, 0.2) is 0 Å². The van der Waals surface area contributed by atoms with Crippen molar-refractivity contribution in [2.24, 2.45) is 0 Å². The van der Waals surface area contributed by atoms with Gasteiger partial charge in [-0.3, -0.25) is 4.79 Å². The lowest BCUT2D eigenvalue weighted by Crippen LogP contribution is -2.09. The highest BCUT2D eigenvalue weighted by Gasteiger charge is 2.21. The van der Waals surface area contributed by atoms with Crippen molar-refractivity contribution in [2.45, 2.75) is 0 Å². The summed E-state index contributed by atoms with van der Waals surface area (Å²) in [7, 11) is 1.32. The maximum Gasteiger partial charge on any atom is 0.348 e. The van der Waals surface area contributed by atoms with Crippen LogP contribution < -0.4 is 5.32 Å². The summed E-state index contributed by atoms with van der Waals surface area (Å²) in [6, 6.07) is 12.2. The number of ether oxygens (including phenoxy) is 1. The van der Waals surface area contributed by atoms with Crippen molar-refractivity contribution in [3.05, 3.63) is 57.6 Å². The summed E-state index contributed by atoms with van der Waals surface area (Å²) in [4.78, 5) is 25.4. The van der Waals surface area contributed by atoms with Crippen LogP contribution in [0.2, 0.25) is 0 Å². The summed E-state index contributed by atoms with van der Waals surface area (Å²) in [5.74, 6) is -0.960. The van der Waals surface area contributed by atoms with Crippen LogP contribution in [0.3, 0.4) is 0 Å². The van der Waals surface area contributed by atoms with Gasteiger partial charge >= 0.3 is 5.97 Å². The fourth-order valence-electron chi connectivity index (χ4n) is 2.14. The first-order valence-electron chi connectivity index (χ1n) is 6.95. The molecule has 122 valence electrons. The molecule has 2 aromatic heterocycles. The Morgan fingerprint density at radius 1 is 1.12 bits per heavy atom. The van der Waals surface area contributed by atoms with E-state index in [0.29, 0.717) is 21.0 Å². The number of thiophene rings is 2. The van der Waals surface area contributed by atoms with E-state index < -0.39 is 11.9 Å². The van der Waals surface area contributed by atoms with Gasteiger partial charge < -0.3 is 15.2 Å². The van der Waals surface area contributed by atoms with E-state index in [4.69, 9.17) is 4.74 Å². The second kappa shape index (κ2) is 6.86. The molecule has 0 aliphatic heterocycles. The van der Waals surface area contributed by atoms with Crippen molar-refractivity contribution < 1.29 is 19.4 Å². The zero-order valence-corrected chi connectivity index (χ0v) is 14.2. The number of amides is 1. The normalized spacial score (nSPS) is 10.4. The van der Waals surface area contributed by atoms with E-state index in [1.54, 1.807) is 23.6 Å². The average Bonchev–Trinajstić information content (AvgIpc) is 3.21. The van der Waals surface area contributed by atoms with Gasteiger partial charge in [0, 0.05) is 16.1 Å². The zero-order chi connectivity index (χ0) is 17.1. The van der Waals surface area contributed by atoms with Gasteiger partial charge in [0.1, 0.15) is 15.5 Å². The Morgan fingerprint density at radius 2 is 1.88 bits per heavy atom. The maximum absolute atomic E-state index is 12.3. The second-order valence-corrected chi connectivity index (χ2v) is 6.77. The molecule has 2 N–H and O–H groups in total. The van der Waals surface area contributed by atoms with Crippen LogP contribution in [-0.2, 0) is 4.74 Å². The first-order chi connectivity index (χ1) is 11.6. The third-order valence-electron chi connectivity index (χ3n) is 3.25. The maximum atomic E-state index is 12.3. The predicted octanol–water partition coefficient (Wildman–Crippen LogP) is 4.22. The Balaban J connectivity index is 1.90. The van der Waals surface area contributed by atoms with Gasteiger partial charge in [0.05, 0.1) is 7.11 Å². The van der Waals surface area contributed by atoms with Crippen LogP contribution in [0.1, 0.15) is 19.3 Å². The Labute approximate surface area is 146 Å². The number of hydrogen-bond donors (Lipinski definition) is 2. The largest absolute Gasteiger partial charge is 0.506 e. The predicted molar refractivity (Wildman–Crippen MR) is 95.0 cm³/mol. The number of hydrogen-bond acceptors (Lipinski definition) is 6. The number of methoxy groups -OCH3 is 1. The number of para-hydroxylation sites is 1. The van der Waals surface area contributed by atoms with Gasteiger partial charge in [0.25, 0.3) is 5.91 Å². The number of benzene rings is 1. The van der Waals surface area contributed by atoms with Gasteiger partial charge in [-0.15, -0.1) is 22.7 Å². The molecule has 0 atom stereocenters. The molecule has 3 aromatic rings. The highest BCUT2D eigenvalue weighted by Crippen LogP contribution is 2.39. The molecule has 0 unspecified atom stereocenters. The molecule has 0 bridgehead atoms. The number of nitrogens with one attached hydrogen (secondary N) is 1. The molecule has 1 aromatic carbocycles. The van der Waals surface area contributed by atoms with E-state index in [2.05, 4.69) is 5.32 Å². The number of esters is 1.